The minimum Gasteiger partial charge on any atom is -0.476 e. The van der Waals surface area contributed by atoms with Crippen molar-refractivity contribution in [2.75, 3.05) is 7.11 Å². The van der Waals surface area contributed by atoms with Crippen molar-refractivity contribution in [1.29, 1.82) is 0 Å². The third-order valence-corrected chi connectivity index (χ3v) is 7.68. The number of nitrogens with two attached hydrogens (primary N) is 1. The number of nitrogens with zero attached hydrogens (tertiary/aromatic N) is 2. The minimum atomic E-state index is -1.52. The Morgan fingerprint density at radius 2 is 2.00 bits per heavy atom. The summed E-state index contributed by atoms with van der Waals surface area (Å²) < 4.78 is 11.5. The van der Waals surface area contributed by atoms with Crippen molar-refractivity contribution in [3.8, 4) is 11.1 Å². The lowest BCUT2D eigenvalue weighted by Gasteiger charge is -2.53. The number of methoxy groups -OCH3 is 1. The Balaban J connectivity index is 1.70. The zero-order chi connectivity index (χ0) is 22.0. The van der Waals surface area contributed by atoms with Gasteiger partial charge < -0.3 is 15.2 Å². The van der Waals surface area contributed by atoms with E-state index in [0.717, 1.165) is 47.9 Å². The molecular weight excluding hydrogens is 384 g/mol. The van der Waals surface area contributed by atoms with Crippen LogP contribution in [0.4, 0.5) is 0 Å². The molecule has 2 aromatic rings. The summed E-state index contributed by atoms with van der Waals surface area (Å²) >= 11 is 0. The molecule has 4 radical (unpaired) electrons. The lowest BCUT2D eigenvalue weighted by Crippen LogP contribution is -2.60. The van der Waals surface area contributed by atoms with Crippen LogP contribution in [-0.4, -0.2) is 45.3 Å². The number of hydrogen-bond acceptors (Lipinski definition) is 5. The third-order valence-electron chi connectivity index (χ3n) is 7.68. The molecule has 1 saturated carbocycles. The average molecular weight is 411 g/mol. The van der Waals surface area contributed by atoms with Gasteiger partial charge in [0.2, 0.25) is 0 Å². The van der Waals surface area contributed by atoms with E-state index < -0.39 is 10.9 Å². The molecule has 156 valence electrons. The highest BCUT2D eigenvalue weighted by Crippen LogP contribution is 2.65. The highest BCUT2D eigenvalue weighted by molar-refractivity contribution is 6.41. The maximum atomic E-state index is 6.67. The molecule has 7 heteroatoms. The number of aromatic nitrogens is 1. The van der Waals surface area contributed by atoms with Gasteiger partial charge in [-0.15, -0.1) is 0 Å². The van der Waals surface area contributed by atoms with Crippen LogP contribution < -0.4 is 5.73 Å². The molecule has 2 spiro atoms. The van der Waals surface area contributed by atoms with Crippen LogP contribution in [0.3, 0.4) is 0 Å². The summed E-state index contributed by atoms with van der Waals surface area (Å²) in [5, 5.41) is -1.52. The summed E-state index contributed by atoms with van der Waals surface area (Å²) in [5.41, 5.74) is 10.3. The largest absolute Gasteiger partial charge is 0.476 e. The van der Waals surface area contributed by atoms with E-state index in [2.05, 4.69) is 36.2 Å². The summed E-state index contributed by atoms with van der Waals surface area (Å²) in [4.78, 5) is 9.25. The highest BCUT2D eigenvalue weighted by atomic mass is 16.5. The van der Waals surface area contributed by atoms with E-state index in [4.69, 9.17) is 35.9 Å². The smallest absolute Gasteiger partial charge is 0.281 e. The van der Waals surface area contributed by atoms with Crippen LogP contribution in [0, 0.1) is 18.3 Å². The second-order valence-corrected chi connectivity index (χ2v) is 9.63. The van der Waals surface area contributed by atoms with Crippen molar-refractivity contribution in [3.05, 3.63) is 53.3 Å². The van der Waals surface area contributed by atoms with E-state index in [9.17, 15) is 0 Å². The molecular formula is C24H27B2N3O2. The topological polar surface area (TPSA) is 69.7 Å². The molecule has 0 saturated heterocycles. The number of benzene rings is 1. The first-order chi connectivity index (χ1) is 14.7. The molecule has 1 unspecified atom stereocenters. The Kier molecular flexibility index (Phi) is 4.57. The molecule has 1 aliphatic heterocycles. The second kappa shape index (κ2) is 6.86. The van der Waals surface area contributed by atoms with E-state index in [1.165, 1.54) is 5.56 Å². The number of hydrogen-bond donors (Lipinski definition) is 1. The predicted octanol–water partition coefficient (Wildman–Crippen LogP) is 2.97. The zero-order valence-corrected chi connectivity index (χ0v) is 18.4. The van der Waals surface area contributed by atoms with Gasteiger partial charge in [0.15, 0.2) is 0 Å². The average Bonchev–Trinajstić information content (AvgIpc) is 3.12. The maximum absolute atomic E-state index is 6.67. The molecule has 0 bridgehead atoms. The molecule has 2 N–H and O–H groups in total. The van der Waals surface area contributed by atoms with Crippen LogP contribution in [0.2, 0.25) is 0 Å². The van der Waals surface area contributed by atoms with Crippen molar-refractivity contribution in [2.24, 2.45) is 22.1 Å². The zero-order valence-electron chi connectivity index (χ0n) is 18.4. The maximum Gasteiger partial charge on any atom is 0.281 e. The predicted molar refractivity (Wildman–Crippen MR) is 123 cm³/mol. The Morgan fingerprint density at radius 1 is 1.19 bits per heavy atom. The van der Waals surface area contributed by atoms with Crippen LogP contribution in [0.1, 0.15) is 42.9 Å². The van der Waals surface area contributed by atoms with E-state index >= 15 is 0 Å². The third kappa shape index (κ3) is 2.82. The number of rotatable bonds is 2. The van der Waals surface area contributed by atoms with Crippen molar-refractivity contribution >= 4 is 21.7 Å². The minimum absolute atomic E-state index is 0.0568. The number of ether oxygens (including phenoxy) is 2. The number of aryl methyl sites for hydroxylation is 1. The number of pyridine rings is 1. The van der Waals surface area contributed by atoms with Gasteiger partial charge in [-0.05, 0) is 72.9 Å². The number of fused-ring (bicyclic) bond motifs is 3. The molecule has 1 aromatic heterocycles. The fourth-order valence-corrected chi connectivity index (χ4v) is 6.46. The van der Waals surface area contributed by atoms with Crippen molar-refractivity contribution in [2.45, 2.75) is 56.6 Å². The quantitative estimate of drug-likeness (QED) is 0.772. The number of aliphatic imine (C=N–C) groups is 1. The first-order valence-electron chi connectivity index (χ1n) is 10.9. The fraction of sp³-hybridized carbons (Fsp3) is 0.500. The van der Waals surface area contributed by atoms with E-state index in [1.807, 2.05) is 19.3 Å². The van der Waals surface area contributed by atoms with E-state index in [0.29, 0.717) is 5.92 Å². The van der Waals surface area contributed by atoms with Gasteiger partial charge in [-0.1, -0.05) is 19.1 Å². The molecule has 4 atom stereocenters. The molecule has 1 aromatic carbocycles. The Labute approximate surface area is 186 Å². The van der Waals surface area contributed by atoms with Crippen LogP contribution in [0.5, 0.6) is 0 Å². The van der Waals surface area contributed by atoms with Crippen LogP contribution in [0.25, 0.3) is 11.1 Å². The first kappa shape index (κ1) is 20.6. The van der Waals surface area contributed by atoms with Gasteiger partial charge in [-0.25, -0.2) is 4.99 Å². The fourth-order valence-electron chi connectivity index (χ4n) is 6.46. The molecule has 5 nitrogen and oxygen atoms in total. The summed E-state index contributed by atoms with van der Waals surface area (Å²) in [6.07, 6.45) is 7.48. The van der Waals surface area contributed by atoms with E-state index in [-0.39, 0.29) is 17.5 Å². The molecule has 31 heavy (non-hydrogen) atoms. The summed E-state index contributed by atoms with van der Waals surface area (Å²) in [5.74, 6) is 0.346. The van der Waals surface area contributed by atoms with Gasteiger partial charge in [0.05, 0.1) is 11.5 Å². The monoisotopic (exact) mass is 411 g/mol. The van der Waals surface area contributed by atoms with Crippen LogP contribution in [-0.2, 0) is 21.4 Å². The standard InChI is InChI=1S/C24H27B2N3O2/c1-14-8-18(13-28-12-14)16-4-5-17-11-22(7-6-20(30-3)15(2)10-22)23(19(17)9-16)24(25,26)31-21(27)29-23/h4-5,8-9,12-13,15,20H,6-7,10-11H2,1-3H3,(H2,27,29)/t15-,20-,22-,23?/m0/s1. The molecule has 1 fully saturated rings. The summed E-state index contributed by atoms with van der Waals surface area (Å²) in [6.45, 7) is 4.27. The van der Waals surface area contributed by atoms with Crippen LogP contribution >= 0.6 is 0 Å². The van der Waals surface area contributed by atoms with Gasteiger partial charge in [-0.3, -0.25) is 4.98 Å². The number of amidine groups is 1. The van der Waals surface area contributed by atoms with Crippen molar-refractivity contribution in [3.63, 3.8) is 0 Å². The lowest BCUT2D eigenvalue weighted by molar-refractivity contribution is -0.0559. The van der Waals surface area contributed by atoms with Gasteiger partial charge in [0, 0.05) is 30.5 Å². The Bertz CT molecular complexity index is 1070. The highest BCUT2D eigenvalue weighted by Gasteiger charge is 2.68. The molecule has 0 amide bonds. The Morgan fingerprint density at radius 3 is 2.65 bits per heavy atom. The second-order valence-electron chi connectivity index (χ2n) is 9.63. The molecule has 3 aliphatic rings. The van der Waals surface area contributed by atoms with Gasteiger partial charge in [0.25, 0.3) is 6.02 Å². The van der Waals surface area contributed by atoms with E-state index in [1.54, 1.807) is 7.11 Å². The summed E-state index contributed by atoms with van der Waals surface area (Å²) in [6, 6.07) is 8.66. The molecule has 2 heterocycles. The Hall–Kier alpha value is -2.27. The van der Waals surface area contributed by atoms with Crippen molar-refractivity contribution < 1.29 is 9.47 Å². The first-order valence-corrected chi connectivity index (χ1v) is 10.9. The van der Waals surface area contributed by atoms with Crippen molar-refractivity contribution in [1.82, 2.24) is 4.98 Å². The normalized spacial score (nSPS) is 33.3. The van der Waals surface area contributed by atoms with Gasteiger partial charge in [0.1, 0.15) is 21.2 Å². The summed E-state index contributed by atoms with van der Waals surface area (Å²) in [7, 11) is 15.1. The molecule has 2 aliphatic carbocycles. The van der Waals surface area contributed by atoms with Crippen LogP contribution in [0.15, 0.2) is 41.7 Å². The van der Waals surface area contributed by atoms with Gasteiger partial charge in [-0.2, -0.15) is 0 Å². The molecule has 5 rings (SSSR count). The SMILES string of the molecule is [B]C1([B])OC(N)=NC12c1cc(-c3cncc(C)c3)ccc1C[C@@]21CC[C@H](OC)[C@@H](C)C1. The van der Waals surface area contributed by atoms with Gasteiger partial charge >= 0.3 is 0 Å². The lowest BCUT2D eigenvalue weighted by atomic mass is 9.44.